The lowest BCUT2D eigenvalue weighted by atomic mass is 10.4. The maximum Gasteiger partial charge on any atom is 0.360 e. The molecule has 0 saturated heterocycles. The fourth-order valence-corrected chi connectivity index (χ4v) is 1.13. The lowest BCUT2D eigenvalue weighted by molar-refractivity contribution is 0.0684. The number of ether oxygens (including phenoxy) is 1. The molecule has 6 nitrogen and oxygen atoms in total. The molecular formula is C10H15N3O3. The summed E-state index contributed by atoms with van der Waals surface area (Å²) in [6.45, 7) is 1.31. The van der Waals surface area contributed by atoms with E-state index in [4.69, 9.17) is 9.84 Å². The molecule has 88 valence electrons. The van der Waals surface area contributed by atoms with E-state index in [-0.39, 0.29) is 11.6 Å². The lowest BCUT2D eigenvalue weighted by Crippen LogP contribution is -2.16. The summed E-state index contributed by atoms with van der Waals surface area (Å²) in [4.78, 5) is 20.3. The zero-order chi connectivity index (χ0) is 12.0. The van der Waals surface area contributed by atoms with Crippen LogP contribution in [0.4, 0.5) is 0 Å². The van der Waals surface area contributed by atoms with Gasteiger partial charge in [-0.25, -0.2) is 14.8 Å². The third-order valence-corrected chi connectivity index (χ3v) is 1.86. The molecule has 0 aliphatic carbocycles. The second-order valence-corrected chi connectivity index (χ2v) is 3.52. The summed E-state index contributed by atoms with van der Waals surface area (Å²) in [5.74, 6) is -1.05. The predicted molar refractivity (Wildman–Crippen MR) is 57.7 cm³/mol. The van der Waals surface area contributed by atoms with Crippen LogP contribution in [0.1, 0.15) is 16.9 Å². The Hall–Kier alpha value is -1.69. The molecule has 1 aromatic rings. The second-order valence-electron chi connectivity index (χ2n) is 3.52. The number of aromatic carboxylic acids is 1. The molecule has 0 bridgehead atoms. The minimum atomic E-state index is -1.13. The van der Waals surface area contributed by atoms with Crippen molar-refractivity contribution >= 4 is 5.97 Å². The van der Waals surface area contributed by atoms with Crippen molar-refractivity contribution in [3.8, 4) is 5.88 Å². The third kappa shape index (κ3) is 3.82. The smallest absolute Gasteiger partial charge is 0.360 e. The molecule has 0 spiro atoms. The fraction of sp³-hybridized carbons (Fsp3) is 0.500. The van der Waals surface area contributed by atoms with Crippen LogP contribution >= 0.6 is 0 Å². The zero-order valence-corrected chi connectivity index (χ0v) is 9.38. The van der Waals surface area contributed by atoms with E-state index in [0.717, 1.165) is 13.0 Å². The summed E-state index contributed by atoms with van der Waals surface area (Å²) in [6.07, 6.45) is 3.55. The molecule has 1 N–H and O–H groups in total. The minimum absolute atomic E-state index is 0.0776. The van der Waals surface area contributed by atoms with Crippen LogP contribution in [0.15, 0.2) is 12.4 Å². The monoisotopic (exact) mass is 225 g/mol. The second kappa shape index (κ2) is 6.02. The summed E-state index contributed by atoms with van der Waals surface area (Å²) < 4.78 is 5.27. The standard InChI is InChI=1S/C10H15N3O3/c1-13(2)6-3-7-16-9-8(10(14)15)11-4-5-12-9/h4-5H,3,6-7H2,1-2H3,(H,14,15). The average molecular weight is 225 g/mol. The Bertz CT molecular complexity index is 355. The van der Waals surface area contributed by atoms with Crippen LogP contribution in [-0.4, -0.2) is 53.2 Å². The van der Waals surface area contributed by atoms with E-state index < -0.39 is 5.97 Å². The molecule has 1 aromatic heterocycles. The Kier molecular flexibility index (Phi) is 4.65. The maximum absolute atomic E-state index is 10.8. The predicted octanol–water partition coefficient (Wildman–Crippen LogP) is 0.505. The molecule has 0 aromatic carbocycles. The van der Waals surface area contributed by atoms with Crippen LogP contribution in [0.5, 0.6) is 5.88 Å². The molecule has 0 unspecified atom stereocenters. The van der Waals surface area contributed by atoms with Crippen LogP contribution in [0, 0.1) is 0 Å². The van der Waals surface area contributed by atoms with Gasteiger partial charge in [0.15, 0.2) is 0 Å². The summed E-state index contributed by atoms with van der Waals surface area (Å²) in [5, 5.41) is 8.82. The SMILES string of the molecule is CN(C)CCCOc1nccnc1C(=O)O. The first-order valence-corrected chi connectivity index (χ1v) is 4.93. The van der Waals surface area contributed by atoms with Gasteiger partial charge in [-0.05, 0) is 20.5 Å². The summed E-state index contributed by atoms with van der Waals surface area (Å²) >= 11 is 0. The molecule has 0 amide bonds. The third-order valence-electron chi connectivity index (χ3n) is 1.86. The molecule has 0 atom stereocenters. The molecule has 1 rings (SSSR count). The number of hydrogen-bond donors (Lipinski definition) is 1. The molecule has 6 heteroatoms. The molecule has 0 aliphatic rings. The van der Waals surface area contributed by atoms with Crippen molar-refractivity contribution in [3.05, 3.63) is 18.1 Å². The quantitative estimate of drug-likeness (QED) is 0.711. The molecule has 16 heavy (non-hydrogen) atoms. The average Bonchev–Trinajstić information content (AvgIpc) is 2.24. The molecule has 0 aliphatic heterocycles. The molecule has 1 heterocycles. The zero-order valence-electron chi connectivity index (χ0n) is 9.38. The minimum Gasteiger partial charge on any atom is -0.476 e. The van der Waals surface area contributed by atoms with Crippen molar-refractivity contribution in [2.45, 2.75) is 6.42 Å². The van der Waals surface area contributed by atoms with E-state index >= 15 is 0 Å². The van der Waals surface area contributed by atoms with Crippen LogP contribution < -0.4 is 4.74 Å². The van der Waals surface area contributed by atoms with Crippen LogP contribution in [0.2, 0.25) is 0 Å². The first-order valence-electron chi connectivity index (χ1n) is 4.93. The Morgan fingerprint density at radius 3 is 2.75 bits per heavy atom. The van der Waals surface area contributed by atoms with Gasteiger partial charge in [0.2, 0.25) is 11.6 Å². The first-order chi connectivity index (χ1) is 7.61. The van der Waals surface area contributed by atoms with E-state index in [1.54, 1.807) is 0 Å². The summed E-state index contributed by atoms with van der Waals surface area (Å²) in [5.41, 5.74) is -0.146. The van der Waals surface area contributed by atoms with E-state index in [1.165, 1.54) is 12.4 Å². The number of carboxylic acids is 1. The summed E-state index contributed by atoms with van der Waals surface area (Å²) in [7, 11) is 3.93. The topological polar surface area (TPSA) is 75.5 Å². The Morgan fingerprint density at radius 2 is 2.12 bits per heavy atom. The Balaban J connectivity index is 2.50. The van der Waals surface area contributed by atoms with Gasteiger partial charge in [-0.1, -0.05) is 0 Å². The van der Waals surface area contributed by atoms with E-state index in [9.17, 15) is 4.79 Å². The molecule has 0 radical (unpaired) electrons. The van der Waals surface area contributed by atoms with Crippen LogP contribution in [0.25, 0.3) is 0 Å². The Morgan fingerprint density at radius 1 is 1.44 bits per heavy atom. The van der Waals surface area contributed by atoms with Crippen molar-refractivity contribution in [3.63, 3.8) is 0 Å². The van der Waals surface area contributed by atoms with Gasteiger partial charge < -0.3 is 14.7 Å². The van der Waals surface area contributed by atoms with Crippen molar-refractivity contribution in [2.75, 3.05) is 27.2 Å². The first kappa shape index (κ1) is 12.4. The molecule has 0 fully saturated rings. The van der Waals surface area contributed by atoms with E-state index in [0.29, 0.717) is 6.61 Å². The number of hydrogen-bond acceptors (Lipinski definition) is 5. The van der Waals surface area contributed by atoms with Gasteiger partial charge in [0.05, 0.1) is 6.61 Å². The number of aromatic nitrogens is 2. The molecular weight excluding hydrogens is 210 g/mol. The van der Waals surface area contributed by atoms with Crippen LogP contribution in [0.3, 0.4) is 0 Å². The highest BCUT2D eigenvalue weighted by molar-refractivity contribution is 5.87. The normalized spacial score (nSPS) is 10.4. The highest BCUT2D eigenvalue weighted by Gasteiger charge is 2.13. The van der Waals surface area contributed by atoms with Crippen molar-refractivity contribution < 1.29 is 14.6 Å². The van der Waals surface area contributed by atoms with Crippen molar-refractivity contribution in [1.82, 2.24) is 14.9 Å². The van der Waals surface area contributed by atoms with Gasteiger partial charge in [-0.3, -0.25) is 0 Å². The van der Waals surface area contributed by atoms with Gasteiger partial charge in [-0.2, -0.15) is 0 Å². The van der Waals surface area contributed by atoms with Gasteiger partial charge in [-0.15, -0.1) is 0 Å². The number of nitrogens with zero attached hydrogens (tertiary/aromatic N) is 3. The van der Waals surface area contributed by atoms with E-state index in [1.807, 2.05) is 19.0 Å². The van der Waals surface area contributed by atoms with Crippen molar-refractivity contribution in [2.24, 2.45) is 0 Å². The van der Waals surface area contributed by atoms with Gasteiger partial charge in [0.1, 0.15) is 0 Å². The van der Waals surface area contributed by atoms with Gasteiger partial charge in [0.25, 0.3) is 0 Å². The largest absolute Gasteiger partial charge is 0.476 e. The van der Waals surface area contributed by atoms with Gasteiger partial charge in [0, 0.05) is 18.9 Å². The lowest BCUT2D eigenvalue weighted by Gasteiger charge is -2.10. The van der Waals surface area contributed by atoms with E-state index in [2.05, 4.69) is 9.97 Å². The number of carboxylic acid groups (broad SMARTS) is 1. The number of rotatable bonds is 6. The fourth-order valence-electron chi connectivity index (χ4n) is 1.13. The van der Waals surface area contributed by atoms with Crippen molar-refractivity contribution in [1.29, 1.82) is 0 Å². The number of carbonyl (C=O) groups is 1. The highest BCUT2D eigenvalue weighted by Crippen LogP contribution is 2.11. The highest BCUT2D eigenvalue weighted by atomic mass is 16.5. The maximum atomic E-state index is 10.8. The summed E-state index contributed by atoms with van der Waals surface area (Å²) in [6, 6.07) is 0. The van der Waals surface area contributed by atoms with Crippen LogP contribution in [-0.2, 0) is 0 Å². The Labute approximate surface area is 93.9 Å². The van der Waals surface area contributed by atoms with Gasteiger partial charge >= 0.3 is 5.97 Å². The molecule has 0 saturated carbocycles.